The Kier molecular flexibility index (Phi) is 5.54. The molecule has 2 heterocycles. The highest BCUT2D eigenvalue weighted by molar-refractivity contribution is 5.82. The molecular weight excluding hydrogens is 378 g/mol. The number of hydrogen-bond donors (Lipinski definition) is 2. The number of para-hydroxylation sites is 1. The van der Waals surface area contributed by atoms with Crippen LogP contribution < -0.4 is 15.6 Å². The van der Waals surface area contributed by atoms with Gasteiger partial charge in [0.1, 0.15) is 5.58 Å². The van der Waals surface area contributed by atoms with Crippen molar-refractivity contribution >= 4 is 22.5 Å². The Morgan fingerprint density at radius 3 is 2.67 bits per heavy atom. The van der Waals surface area contributed by atoms with Crippen LogP contribution in [0.5, 0.6) is 0 Å². The molecule has 0 radical (unpaired) electrons. The fraction of sp³-hybridized carbons (Fsp3) is 0.375. The van der Waals surface area contributed by atoms with Gasteiger partial charge in [-0.1, -0.05) is 24.3 Å². The third kappa shape index (κ3) is 3.80. The van der Waals surface area contributed by atoms with Gasteiger partial charge in [0.15, 0.2) is 11.3 Å². The van der Waals surface area contributed by atoms with E-state index in [0.29, 0.717) is 22.9 Å². The summed E-state index contributed by atoms with van der Waals surface area (Å²) in [6.45, 7) is 5.69. The van der Waals surface area contributed by atoms with Crippen LogP contribution in [0.25, 0.3) is 11.0 Å². The number of fused-ring (bicyclic) bond motifs is 1. The van der Waals surface area contributed by atoms with Crippen molar-refractivity contribution in [2.45, 2.75) is 32.5 Å². The summed E-state index contributed by atoms with van der Waals surface area (Å²) in [7, 11) is 4.13. The van der Waals surface area contributed by atoms with Gasteiger partial charge < -0.3 is 24.6 Å². The van der Waals surface area contributed by atoms with Gasteiger partial charge in [0, 0.05) is 42.0 Å². The first-order valence-electron chi connectivity index (χ1n) is 10.3. The molecule has 30 heavy (non-hydrogen) atoms. The molecule has 1 fully saturated rings. The van der Waals surface area contributed by atoms with E-state index in [4.69, 9.17) is 4.42 Å². The molecule has 1 aliphatic heterocycles. The summed E-state index contributed by atoms with van der Waals surface area (Å²) in [5, 5.41) is 13.7. The van der Waals surface area contributed by atoms with Crippen molar-refractivity contribution in [1.29, 1.82) is 0 Å². The third-order valence-electron chi connectivity index (χ3n) is 5.92. The predicted molar refractivity (Wildman–Crippen MR) is 121 cm³/mol. The molecule has 2 aromatic carbocycles. The maximum absolute atomic E-state index is 12.9. The number of nitrogens with zero attached hydrogens (tertiary/aromatic N) is 2. The Morgan fingerprint density at radius 2 is 1.97 bits per heavy atom. The maximum Gasteiger partial charge on any atom is 0.200 e. The number of anilines is 2. The first-order valence-corrected chi connectivity index (χ1v) is 10.3. The van der Waals surface area contributed by atoms with E-state index in [1.165, 1.54) is 0 Å². The summed E-state index contributed by atoms with van der Waals surface area (Å²) in [5.41, 5.74) is 4.25. The van der Waals surface area contributed by atoms with Crippen molar-refractivity contribution in [3.05, 3.63) is 69.4 Å². The van der Waals surface area contributed by atoms with E-state index in [1.807, 2.05) is 44.2 Å². The second kappa shape index (κ2) is 8.13. The summed E-state index contributed by atoms with van der Waals surface area (Å²) in [5.74, 6) is 0.624. The number of rotatable bonds is 6. The van der Waals surface area contributed by atoms with Crippen LogP contribution in [0.15, 0.2) is 51.7 Å². The van der Waals surface area contributed by atoms with E-state index in [9.17, 15) is 9.90 Å². The molecule has 0 saturated carbocycles. The first kappa shape index (κ1) is 20.4. The summed E-state index contributed by atoms with van der Waals surface area (Å²) in [6.07, 6.45) is 0. The second-order valence-corrected chi connectivity index (χ2v) is 8.38. The normalized spacial score (nSPS) is 15.5. The largest absolute Gasteiger partial charge is 0.440 e. The molecule has 6 heteroatoms. The molecule has 158 valence electrons. The van der Waals surface area contributed by atoms with Gasteiger partial charge in [0.2, 0.25) is 0 Å². The molecule has 0 bridgehead atoms. The average molecular weight is 408 g/mol. The van der Waals surface area contributed by atoms with Crippen molar-refractivity contribution < 1.29 is 9.52 Å². The van der Waals surface area contributed by atoms with Gasteiger partial charge in [0.05, 0.1) is 18.0 Å². The smallest absolute Gasteiger partial charge is 0.200 e. The SMILES string of the molecule is Cc1cc(C(C)Nc2ccccc2CO)c2oc(N3CC(N(C)C)C3)cc(=O)c2c1. The molecule has 1 saturated heterocycles. The number of benzene rings is 2. The minimum Gasteiger partial charge on any atom is -0.440 e. The maximum atomic E-state index is 12.9. The standard InChI is InChI=1S/C24H29N3O3/c1-15-9-19(16(2)25-21-8-6-5-7-17(21)14-28)24-20(10-15)22(29)11-23(30-24)27-12-18(13-27)26(3)4/h5-11,16,18,25,28H,12-14H2,1-4H3. The second-order valence-electron chi connectivity index (χ2n) is 8.38. The lowest BCUT2D eigenvalue weighted by atomic mass is 10.0. The van der Waals surface area contributed by atoms with Crippen LogP contribution >= 0.6 is 0 Å². The van der Waals surface area contributed by atoms with E-state index in [1.54, 1.807) is 6.07 Å². The van der Waals surface area contributed by atoms with Crippen molar-refractivity contribution in [2.24, 2.45) is 0 Å². The molecule has 1 aliphatic rings. The molecule has 0 spiro atoms. The highest BCUT2D eigenvalue weighted by Crippen LogP contribution is 2.32. The molecule has 1 atom stereocenters. The minimum absolute atomic E-state index is 0.0209. The van der Waals surface area contributed by atoms with Crippen LogP contribution in [0.3, 0.4) is 0 Å². The zero-order chi connectivity index (χ0) is 21.4. The Hall–Kier alpha value is -2.83. The molecule has 4 rings (SSSR count). The van der Waals surface area contributed by atoms with Crippen molar-refractivity contribution in [1.82, 2.24) is 4.90 Å². The lowest BCUT2D eigenvalue weighted by Gasteiger charge is -2.43. The molecule has 2 N–H and O–H groups in total. The highest BCUT2D eigenvalue weighted by atomic mass is 16.4. The number of hydrogen-bond acceptors (Lipinski definition) is 6. The highest BCUT2D eigenvalue weighted by Gasteiger charge is 2.30. The van der Waals surface area contributed by atoms with E-state index in [2.05, 4.69) is 35.3 Å². The van der Waals surface area contributed by atoms with Crippen LogP contribution in [-0.2, 0) is 6.61 Å². The zero-order valence-electron chi connectivity index (χ0n) is 18.0. The van der Waals surface area contributed by atoms with Gasteiger partial charge in [-0.15, -0.1) is 0 Å². The fourth-order valence-electron chi connectivity index (χ4n) is 3.97. The fourth-order valence-corrected chi connectivity index (χ4v) is 3.97. The number of aryl methyl sites for hydroxylation is 1. The van der Waals surface area contributed by atoms with Gasteiger partial charge in [-0.3, -0.25) is 4.79 Å². The Morgan fingerprint density at radius 1 is 1.23 bits per heavy atom. The van der Waals surface area contributed by atoms with E-state index < -0.39 is 0 Å². The first-order chi connectivity index (χ1) is 14.4. The average Bonchev–Trinajstić information content (AvgIpc) is 2.67. The van der Waals surface area contributed by atoms with Crippen LogP contribution in [0.2, 0.25) is 0 Å². The lowest BCUT2D eigenvalue weighted by Crippen LogP contribution is -2.57. The van der Waals surface area contributed by atoms with Gasteiger partial charge in [-0.25, -0.2) is 0 Å². The minimum atomic E-state index is -0.107. The van der Waals surface area contributed by atoms with Gasteiger partial charge in [-0.05, 0) is 45.6 Å². The quantitative estimate of drug-likeness (QED) is 0.652. The van der Waals surface area contributed by atoms with Crippen molar-refractivity contribution in [3.63, 3.8) is 0 Å². The van der Waals surface area contributed by atoms with Crippen LogP contribution in [0.4, 0.5) is 11.6 Å². The molecule has 6 nitrogen and oxygen atoms in total. The monoisotopic (exact) mass is 407 g/mol. The van der Waals surface area contributed by atoms with Crippen LogP contribution in [-0.4, -0.2) is 43.2 Å². The van der Waals surface area contributed by atoms with Gasteiger partial charge >= 0.3 is 0 Å². The number of nitrogens with one attached hydrogen (secondary N) is 1. The van der Waals surface area contributed by atoms with Crippen molar-refractivity contribution in [2.75, 3.05) is 37.4 Å². The van der Waals surface area contributed by atoms with E-state index in [-0.39, 0.29) is 18.1 Å². The molecule has 3 aromatic rings. The van der Waals surface area contributed by atoms with Crippen LogP contribution in [0.1, 0.15) is 29.7 Å². The summed E-state index contributed by atoms with van der Waals surface area (Å²) < 4.78 is 6.29. The number of likely N-dealkylation sites (N-methyl/N-ethyl adjacent to an activating group) is 1. The molecule has 0 amide bonds. The summed E-state index contributed by atoms with van der Waals surface area (Å²) >= 11 is 0. The number of aliphatic hydroxyl groups excluding tert-OH is 1. The Labute approximate surface area is 176 Å². The van der Waals surface area contributed by atoms with Crippen LogP contribution in [0, 0.1) is 6.92 Å². The van der Waals surface area contributed by atoms with Gasteiger partial charge in [0.25, 0.3) is 0 Å². The topological polar surface area (TPSA) is 69.0 Å². The molecule has 1 unspecified atom stereocenters. The molecule has 1 aromatic heterocycles. The number of aliphatic hydroxyl groups is 1. The summed E-state index contributed by atoms with van der Waals surface area (Å²) in [6, 6.07) is 13.6. The van der Waals surface area contributed by atoms with Crippen molar-refractivity contribution in [3.8, 4) is 0 Å². The van der Waals surface area contributed by atoms with E-state index in [0.717, 1.165) is 35.5 Å². The Balaban J connectivity index is 1.72. The molecular formula is C24H29N3O3. The summed E-state index contributed by atoms with van der Waals surface area (Å²) in [4.78, 5) is 17.2. The predicted octanol–water partition coefficient (Wildman–Crippen LogP) is 3.52. The Bertz CT molecular complexity index is 1120. The zero-order valence-corrected chi connectivity index (χ0v) is 18.0. The van der Waals surface area contributed by atoms with E-state index >= 15 is 0 Å². The lowest BCUT2D eigenvalue weighted by molar-refractivity contribution is 0.240. The third-order valence-corrected chi connectivity index (χ3v) is 5.92. The molecule has 0 aliphatic carbocycles. The van der Waals surface area contributed by atoms with Gasteiger partial charge in [-0.2, -0.15) is 0 Å².